The molecule has 2 N–H and O–H groups in total. The van der Waals surface area contributed by atoms with Gasteiger partial charge in [0.1, 0.15) is 17.0 Å². The number of pyridine rings is 1. The summed E-state index contributed by atoms with van der Waals surface area (Å²) in [4.78, 5) is 7.79. The fourth-order valence-electron chi connectivity index (χ4n) is 1.51. The van der Waals surface area contributed by atoms with Crippen LogP contribution in [0.3, 0.4) is 0 Å². The van der Waals surface area contributed by atoms with Gasteiger partial charge < -0.3 is 5.32 Å². The molecule has 2 aromatic heterocycles. The SMILES string of the molecule is CCCNc1ncc(S(=O)(=O)Nc2ncnn2C)cc1Cl. The second kappa shape index (κ2) is 6.27. The van der Waals surface area contributed by atoms with E-state index in [0.717, 1.165) is 6.42 Å². The summed E-state index contributed by atoms with van der Waals surface area (Å²) in [6.07, 6.45) is 3.40. The van der Waals surface area contributed by atoms with Crippen molar-refractivity contribution in [3.63, 3.8) is 0 Å². The van der Waals surface area contributed by atoms with Crippen molar-refractivity contribution in [1.29, 1.82) is 0 Å². The lowest BCUT2D eigenvalue weighted by molar-refractivity contribution is 0.599. The normalized spacial score (nSPS) is 11.4. The van der Waals surface area contributed by atoms with Crippen LogP contribution in [0.25, 0.3) is 0 Å². The molecular weight excluding hydrogens is 316 g/mol. The summed E-state index contributed by atoms with van der Waals surface area (Å²) >= 11 is 6.03. The van der Waals surface area contributed by atoms with Crippen LogP contribution >= 0.6 is 11.6 Å². The molecule has 0 saturated carbocycles. The van der Waals surface area contributed by atoms with Crippen molar-refractivity contribution >= 4 is 33.4 Å². The number of anilines is 2. The Kier molecular flexibility index (Phi) is 4.63. The summed E-state index contributed by atoms with van der Waals surface area (Å²) < 4.78 is 28.1. The number of sulfonamides is 1. The van der Waals surface area contributed by atoms with Gasteiger partial charge in [0.2, 0.25) is 5.95 Å². The minimum absolute atomic E-state index is 0.0439. The van der Waals surface area contributed by atoms with Crippen LogP contribution in [0.15, 0.2) is 23.5 Å². The fraction of sp³-hybridized carbons (Fsp3) is 0.364. The van der Waals surface area contributed by atoms with Gasteiger partial charge in [0.25, 0.3) is 10.0 Å². The van der Waals surface area contributed by atoms with Crippen molar-refractivity contribution < 1.29 is 8.42 Å². The van der Waals surface area contributed by atoms with Crippen LogP contribution in [0.2, 0.25) is 5.02 Å². The number of nitrogens with zero attached hydrogens (tertiary/aromatic N) is 4. The van der Waals surface area contributed by atoms with Gasteiger partial charge in [-0.3, -0.25) is 0 Å². The monoisotopic (exact) mass is 330 g/mol. The largest absolute Gasteiger partial charge is 0.369 e. The average molecular weight is 331 g/mol. The minimum atomic E-state index is -3.81. The zero-order valence-corrected chi connectivity index (χ0v) is 13.1. The standard InChI is InChI=1S/C11H15ClN6O2S/c1-3-4-13-10-9(12)5-8(6-14-10)21(19,20)17-11-15-7-16-18(11)2/h5-7H,3-4H2,1-2H3,(H,13,14)(H,15,16,17). The highest BCUT2D eigenvalue weighted by Crippen LogP contribution is 2.23. The first-order valence-electron chi connectivity index (χ1n) is 6.20. The molecule has 0 aliphatic heterocycles. The Morgan fingerprint density at radius 2 is 2.14 bits per heavy atom. The molecule has 0 atom stereocenters. The van der Waals surface area contributed by atoms with Crippen LogP contribution in [-0.4, -0.2) is 34.7 Å². The number of aromatic nitrogens is 4. The molecule has 0 aliphatic carbocycles. The third-order valence-electron chi connectivity index (χ3n) is 2.61. The zero-order valence-electron chi connectivity index (χ0n) is 11.5. The molecule has 0 unspecified atom stereocenters. The first kappa shape index (κ1) is 15.5. The molecule has 2 rings (SSSR count). The Labute approximate surface area is 127 Å². The van der Waals surface area contributed by atoms with Crippen molar-refractivity contribution in [2.24, 2.45) is 7.05 Å². The molecule has 114 valence electrons. The fourth-order valence-corrected chi connectivity index (χ4v) is 2.81. The number of aryl methyl sites for hydroxylation is 1. The van der Waals surface area contributed by atoms with E-state index in [0.29, 0.717) is 12.4 Å². The number of rotatable bonds is 6. The van der Waals surface area contributed by atoms with Crippen LogP contribution in [0.5, 0.6) is 0 Å². The van der Waals surface area contributed by atoms with E-state index < -0.39 is 10.0 Å². The number of hydrogen-bond acceptors (Lipinski definition) is 6. The maximum Gasteiger partial charge on any atom is 0.265 e. The molecule has 10 heteroatoms. The zero-order chi connectivity index (χ0) is 15.5. The molecule has 2 heterocycles. The molecule has 0 saturated heterocycles. The molecule has 0 aliphatic rings. The maximum atomic E-state index is 12.2. The van der Waals surface area contributed by atoms with Crippen molar-refractivity contribution in [1.82, 2.24) is 19.7 Å². The molecule has 0 bridgehead atoms. The van der Waals surface area contributed by atoms with Crippen LogP contribution in [0.1, 0.15) is 13.3 Å². The molecule has 0 radical (unpaired) electrons. The van der Waals surface area contributed by atoms with Crippen LogP contribution in [0.4, 0.5) is 11.8 Å². The molecular formula is C11H15ClN6O2S. The average Bonchev–Trinajstić information content (AvgIpc) is 2.82. The highest BCUT2D eigenvalue weighted by Gasteiger charge is 2.18. The van der Waals surface area contributed by atoms with Crippen LogP contribution in [-0.2, 0) is 17.1 Å². The molecule has 0 spiro atoms. The van der Waals surface area contributed by atoms with Gasteiger partial charge >= 0.3 is 0 Å². The molecule has 0 aromatic carbocycles. The van der Waals surface area contributed by atoms with Gasteiger partial charge in [-0.1, -0.05) is 18.5 Å². The van der Waals surface area contributed by atoms with Gasteiger partial charge in [-0.2, -0.15) is 10.1 Å². The molecule has 0 fully saturated rings. The molecule has 2 aromatic rings. The Morgan fingerprint density at radius 1 is 1.38 bits per heavy atom. The Hall–Kier alpha value is -1.87. The Bertz CT molecular complexity index is 730. The van der Waals surface area contributed by atoms with Crippen LogP contribution < -0.4 is 10.0 Å². The second-order valence-corrected chi connectivity index (χ2v) is 6.33. The third-order valence-corrected chi connectivity index (χ3v) is 4.19. The van der Waals surface area contributed by atoms with Gasteiger partial charge in [-0.15, -0.1) is 0 Å². The van der Waals surface area contributed by atoms with Gasteiger partial charge in [-0.05, 0) is 12.5 Å². The smallest absolute Gasteiger partial charge is 0.265 e. The van der Waals surface area contributed by atoms with Crippen molar-refractivity contribution in [2.75, 3.05) is 16.6 Å². The van der Waals surface area contributed by atoms with Gasteiger partial charge in [-0.25, -0.2) is 22.8 Å². The van der Waals surface area contributed by atoms with E-state index >= 15 is 0 Å². The van der Waals surface area contributed by atoms with Gasteiger partial charge in [0.05, 0.1) is 5.02 Å². The lowest BCUT2D eigenvalue weighted by Crippen LogP contribution is -2.16. The summed E-state index contributed by atoms with van der Waals surface area (Å²) in [7, 11) is -2.24. The Balaban J connectivity index is 2.24. The summed E-state index contributed by atoms with van der Waals surface area (Å²) in [6, 6.07) is 1.34. The van der Waals surface area contributed by atoms with E-state index in [2.05, 4.69) is 25.1 Å². The lowest BCUT2D eigenvalue weighted by atomic mass is 10.4. The molecule has 8 nitrogen and oxygen atoms in total. The lowest BCUT2D eigenvalue weighted by Gasteiger charge is -2.09. The topological polar surface area (TPSA) is 102 Å². The van der Waals surface area contributed by atoms with Crippen molar-refractivity contribution in [3.8, 4) is 0 Å². The summed E-state index contributed by atoms with van der Waals surface area (Å²) in [5, 5.41) is 7.04. The minimum Gasteiger partial charge on any atom is -0.369 e. The van der Waals surface area contributed by atoms with Crippen molar-refractivity contribution in [3.05, 3.63) is 23.6 Å². The predicted molar refractivity (Wildman–Crippen MR) is 79.8 cm³/mol. The predicted octanol–water partition coefficient (Wildman–Crippen LogP) is 1.49. The highest BCUT2D eigenvalue weighted by molar-refractivity contribution is 7.92. The van der Waals surface area contributed by atoms with E-state index in [1.165, 1.54) is 23.3 Å². The number of hydrogen-bond donors (Lipinski definition) is 2. The first-order valence-corrected chi connectivity index (χ1v) is 8.06. The molecule has 0 amide bonds. The quantitative estimate of drug-likeness (QED) is 0.832. The summed E-state index contributed by atoms with van der Waals surface area (Å²) in [5.41, 5.74) is 0. The van der Waals surface area contributed by atoms with E-state index in [4.69, 9.17) is 11.6 Å². The number of nitrogens with one attached hydrogen (secondary N) is 2. The Morgan fingerprint density at radius 3 is 2.71 bits per heavy atom. The maximum absolute atomic E-state index is 12.2. The van der Waals surface area contributed by atoms with Gasteiger partial charge in [0, 0.05) is 19.8 Å². The van der Waals surface area contributed by atoms with Crippen LogP contribution in [0, 0.1) is 0 Å². The highest BCUT2D eigenvalue weighted by atomic mass is 35.5. The van der Waals surface area contributed by atoms with Crippen molar-refractivity contribution in [2.45, 2.75) is 18.2 Å². The second-order valence-electron chi connectivity index (χ2n) is 4.24. The van der Waals surface area contributed by atoms with E-state index in [1.54, 1.807) is 7.05 Å². The molecule has 21 heavy (non-hydrogen) atoms. The summed E-state index contributed by atoms with van der Waals surface area (Å²) in [6.45, 7) is 2.71. The van der Waals surface area contributed by atoms with E-state index in [-0.39, 0.29) is 15.9 Å². The summed E-state index contributed by atoms with van der Waals surface area (Å²) in [5.74, 6) is 0.565. The first-order chi connectivity index (χ1) is 9.94. The van der Waals surface area contributed by atoms with Gasteiger partial charge in [0.15, 0.2) is 0 Å². The van der Waals surface area contributed by atoms with E-state index in [9.17, 15) is 8.42 Å². The number of halogens is 1. The van der Waals surface area contributed by atoms with E-state index in [1.807, 2.05) is 6.92 Å². The third kappa shape index (κ3) is 3.61.